The largest absolute Gasteiger partial charge is 0.464 e. The quantitative estimate of drug-likeness (QED) is 0.321. The van der Waals surface area contributed by atoms with Crippen molar-refractivity contribution in [2.24, 2.45) is 11.8 Å². The SMILES string of the molecule is COC(=O)C1=C(CN2Cc3cc(CCCO)c(-c4ccccc4)cc3S2)C(C)C2C(C(C)O)C(=O)N12. The molecule has 2 aromatic carbocycles. The Bertz CT molecular complexity index is 1210. The van der Waals surface area contributed by atoms with Gasteiger partial charge < -0.3 is 19.8 Å². The standard InChI is InChI=1S/C28H32N2O5S/c1-16-22(26(28(34)35-3)30-25(16)24(17(2)32)27(30)33)15-29-14-20-12-19(10-7-11-31)21(13-23(20)36-29)18-8-5-4-6-9-18/h4-6,8-9,12-13,16-17,24-25,31-32H,7,10-11,14-15H2,1-3H3. The Morgan fingerprint density at radius 1 is 1.25 bits per heavy atom. The van der Waals surface area contributed by atoms with Crippen LogP contribution < -0.4 is 0 Å². The lowest BCUT2D eigenvalue weighted by molar-refractivity contribution is -0.163. The molecule has 0 aliphatic carbocycles. The molecule has 0 saturated carbocycles. The molecule has 1 fully saturated rings. The zero-order valence-electron chi connectivity index (χ0n) is 20.8. The zero-order valence-corrected chi connectivity index (χ0v) is 21.6. The minimum atomic E-state index is -0.765. The van der Waals surface area contributed by atoms with Crippen LogP contribution >= 0.6 is 11.9 Å². The van der Waals surface area contributed by atoms with Gasteiger partial charge in [-0.2, -0.15) is 0 Å². The van der Waals surface area contributed by atoms with Crippen LogP contribution in [0.4, 0.5) is 0 Å². The van der Waals surface area contributed by atoms with Crippen LogP contribution in [0, 0.1) is 11.8 Å². The molecule has 4 unspecified atom stereocenters. The Morgan fingerprint density at radius 2 is 2.00 bits per heavy atom. The topological polar surface area (TPSA) is 90.3 Å². The fraction of sp³-hybridized carbons (Fsp3) is 0.429. The lowest BCUT2D eigenvalue weighted by atomic mass is 9.78. The molecule has 2 aromatic rings. The number of β-lactam (4-membered cyclic amide) rings is 1. The lowest BCUT2D eigenvalue weighted by Gasteiger charge is -2.46. The maximum atomic E-state index is 12.8. The van der Waals surface area contributed by atoms with Crippen molar-refractivity contribution in [1.82, 2.24) is 9.21 Å². The van der Waals surface area contributed by atoms with E-state index < -0.39 is 18.0 Å². The normalized spacial score (nSPS) is 24.0. The molecule has 7 nitrogen and oxygen atoms in total. The third-order valence-electron chi connectivity index (χ3n) is 7.59. The van der Waals surface area contributed by atoms with Gasteiger partial charge in [0.1, 0.15) is 5.70 Å². The third kappa shape index (κ3) is 4.16. The summed E-state index contributed by atoms with van der Waals surface area (Å²) in [5.74, 6) is -1.27. The summed E-state index contributed by atoms with van der Waals surface area (Å²) >= 11 is 1.66. The molecule has 0 spiro atoms. The van der Waals surface area contributed by atoms with Gasteiger partial charge in [-0.05, 0) is 65.6 Å². The average Bonchev–Trinajstić information content (AvgIpc) is 3.37. The Morgan fingerprint density at radius 3 is 2.67 bits per heavy atom. The van der Waals surface area contributed by atoms with E-state index in [4.69, 9.17) is 4.74 Å². The molecule has 3 heterocycles. The van der Waals surface area contributed by atoms with Crippen LogP contribution in [0.2, 0.25) is 0 Å². The number of ether oxygens (including phenoxy) is 1. The number of esters is 1. The van der Waals surface area contributed by atoms with Gasteiger partial charge in [0.25, 0.3) is 0 Å². The molecule has 2 N–H and O–H groups in total. The van der Waals surface area contributed by atoms with Gasteiger partial charge in [0, 0.05) is 30.5 Å². The predicted octanol–water partition coefficient (Wildman–Crippen LogP) is 3.39. The van der Waals surface area contributed by atoms with Crippen molar-refractivity contribution in [3.63, 3.8) is 0 Å². The fourth-order valence-electron chi connectivity index (χ4n) is 5.83. The van der Waals surface area contributed by atoms with Crippen molar-refractivity contribution >= 4 is 23.8 Å². The molecular weight excluding hydrogens is 476 g/mol. The molecule has 1 saturated heterocycles. The van der Waals surface area contributed by atoms with E-state index >= 15 is 0 Å². The molecule has 3 aliphatic rings. The van der Waals surface area contributed by atoms with Crippen LogP contribution in [-0.4, -0.2) is 63.7 Å². The fourth-order valence-corrected chi connectivity index (χ4v) is 6.92. The summed E-state index contributed by atoms with van der Waals surface area (Å²) in [6.07, 6.45) is 0.740. The van der Waals surface area contributed by atoms with E-state index in [1.165, 1.54) is 33.6 Å². The van der Waals surface area contributed by atoms with Gasteiger partial charge in [-0.15, -0.1) is 0 Å². The number of nitrogens with zero attached hydrogens (tertiary/aromatic N) is 2. The molecule has 0 bridgehead atoms. The number of methoxy groups -OCH3 is 1. The van der Waals surface area contributed by atoms with Gasteiger partial charge in [0.15, 0.2) is 0 Å². The number of aryl methyl sites for hydroxylation is 1. The highest BCUT2D eigenvalue weighted by Crippen LogP contribution is 2.49. The number of aliphatic hydroxyl groups is 2. The van der Waals surface area contributed by atoms with E-state index in [1.54, 1.807) is 18.9 Å². The van der Waals surface area contributed by atoms with Gasteiger partial charge >= 0.3 is 5.97 Å². The van der Waals surface area contributed by atoms with E-state index in [0.29, 0.717) is 25.2 Å². The molecule has 1 amide bonds. The smallest absolute Gasteiger partial charge is 0.354 e. The summed E-state index contributed by atoms with van der Waals surface area (Å²) in [6, 6.07) is 14.5. The highest BCUT2D eigenvalue weighted by molar-refractivity contribution is 7.97. The Hall–Kier alpha value is -2.65. The number of carbonyl (C=O) groups is 2. The first kappa shape index (κ1) is 25.0. The number of aliphatic hydroxyl groups excluding tert-OH is 2. The van der Waals surface area contributed by atoms with Crippen LogP contribution in [0.3, 0.4) is 0 Å². The van der Waals surface area contributed by atoms with E-state index in [-0.39, 0.29) is 24.5 Å². The van der Waals surface area contributed by atoms with Gasteiger partial charge in [-0.3, -0.25) is 4.79 Å². The van der Waals surface area contributed by atoms with Gasteiger partial charge in [0.2, 0.25) is 5.91 Å². The number of benzene rings is 2. The van der Waals surface area contributed by atoms with Crippen molar-refractivity contribution in [3.05, 3.63) is 64.9 Å². The second-order valence-corrected chi connectivity index (χ2v) is 11.0. The molecule has 0 radical (unpaired) electrons. The second kappa shape index (κ2) is 10.0. The molecule has 8 heteroatoms. The van der Waals surface area contributed by atoms with Crippen LogP contribution in [0.25, 0.3) is 11.1 Å². The monoisotopic (exact) mass is 508 g/mol. The summed E-state index contributed by atoms with van der Waals surface area (Å²) in [5, 5.41) is 19.6. The van der Waals surface area contributed by atoms with E-state index in [0.717, 1.165) is 17.6 Å². The molecule has 3 aliphatic heterocycles. The van der Waals surface area contributed by atoms with Crippen LogP contribution in [0.5, 0.6) is 0 Å². The predicted molar refractivity (Wildman–Crippen MR) is 138 cm³/mol. The first-order valence-electron chi connectivity index (χ1n) is 12.4. The first-order valence-corrected chi connectivity index (χ1v) is 13.2. The van der Waals surface area contributed by atoms with Crippen LogP contribution in [0.15, 0.2) is 58.6 Å². The van der Waals surface area contributed by atoms with E-state index in [2.05, 4.69) is 28.6 Å². The zero-order chi connectivity index (χ0) is 25.6. The van der Waals surface area contributed by atoms with E-state index in [1.807, 2.05) is 25.1 Å². The van der Waals surface area contributed by atoms with Crippen LogP contribution in [-0.2, 0) is 27.3 Å². The van der Waals surface area contributed by atoms with Crippen molar-refractivity contribution in [3.8, 4) is 11.1 Å². The number of amides is 1. The maximum Gasteiger partial charge on any atom is 0.354 e. The summed E-state index contributed by atoms with van der Waals surface area (Å²) in [5.41, 5.74) is 5.98. The Kier molecular flexibility index (Phi) is 6.96. The van der Waals surface area contributed by atoms with Crippen LogP contribution in [0.1, 0.15) is 31.4 Å². The summed E-state index contributed by atoms with van der Waals surface area (Å²) in [7, 11) is 1.33. The van der Waals surface area contributed by atoms with Crippen molar-refractivity contribution in [1.29, 1.82) is 0 Å². The highest BCUT2D eigenvalue weighted by Gasteiger charge is 2.60. The number of carbonyl (C=O) groups excluding carboxylic acids is 2. The maximum absolute atomic E-state index is 12.8. The number of hydrogen-bond acceptors (Lipinski definition) is 7. The van der Waals surface area contributed by atoms with Crippen molar-refractivity contribution in [2.45, 2.75) is 50.3 Å². The lowest BCUT2D eigenvalue weighted by Crippen LogP contribution is -2.63. The van der Waals surface area contributed by atoms with Gasteiger partial charge in [-0.25, -0.2) is 9.10 Å². The number of hydrogen-bond donors (Lipinski definition) is 2. The van der Waals surface area contributed by atoms with Gasteiger partial charge in [0.05, 0.1) is 25.2 Å². The minimum absolute atomic E-state index is 0.0549. The van der Waals surface area contributed by atoms with Crippen molar-refractivity contribution < 1.29 is 24.5 Å². The highest BCUT2D eigenvalue weighted by atomic mass is 32.2. The molecular formula is C28H32N2O5S. The third-order valence-corrected chi connectivity index (χ3v) is 8.68. The first-order chi connectivity index (χ1) is 17.3. The molecule has 36 heavy (non-hydrogen) atoms. The van der Waals surface area contributed by atoms with Gasteiger partial charge in [-0.1, -0.05) is 43.3 Å². The second-order valence-electron chi connectivity index (χ2n) is 9.82. The Balaban J connectivity index is 1.43. The Labute approximate surface area is 215 Å². The molecule has 5 rings (SSSR count). The summed E-state index contributed by atoms with van der Waals surface area (Å²) in [4.78, 5) is 28.3. The molecule has 190 valence electrons. The average molecular weight is 509 g/mol. The van der Waals surface area contributed by atoms with Crippen molar-refractivity contribution in [2.75, 3.05) is 20.3 Å². The molecule has 4 atom stereocenters. The summed E-state index contributed by atoms with van der Waals surface area (Å²) < 4.78 is 7.27. The minimum Gasteiger partial charge on any atom is -0.464 e. The molecule has 0 aromatic heterocycles. The number of rotatable bonds is 8. The van der Waals surface area contributed by atoms with E-state index in [9.17, 15) is 19.8 Å². The number of fused-ring (bicyclic) bond motifs is 2. The summed E-state index contributed by atoms with van der Waals surface area (Å²) in [6.45, 7) is 5.04.